The number of nitrogens with one attached hydrogen (secondary N) is 1. The van der Waals surface area contributed by atoms with E-state index in [-0.39, 0.29) is 1.43 Å². The summed E-state index contributed by atoms with van der Waals surface area (Å²) < 4.78 is 9.37. The van der Waals surface area contributed by atoms with Gasteiger partial charge in [0.2, 0.25) is 0 Å². The quantitative estimate of drug-likeness (QED) is 0.220. The van der Waals surface area contributed by atoms with Crippen molar-refractivity contribution in [1.29, 1.82) is 0 Å². The molecule has 8 heteroatoms. The Kier molecular flexibility index (Phi) is 16.5. The summed E-state index contributed by atoms with van der Waals surface area (Å²) >= 11 is 3.56. The Labute approximate surface area is 269 Å². The van der Waals surface area contributed by atoms with E-state index in [2.05, 4.69) is 104 Å². The van der Waals surface area contributed by atoms with Crippen molar-refractivity contribution in [3.8, 4) is 21.1 Å². The average Bonchev–Trinajstić information content (AvgIpc) is 3.70. The number of pyridine rings is 1. The molecular weight excluding hydrogens is 573 g/mol. The molecule has 0 spiro atoms. The molecule has 0 aliphatic carbocycles. The van der Waals surface area contributed by atoms with Crippen LogP contribution in [0, 0.1) is 27.7 Å². The van der Waals surface area contributed by atoms with Crippen LogP contribution in [0.3, 0.4) is 0 Å². The lowest BCUT2D eigenvalue weighted by molar-refractivity contribution is 0.214. The Bertz CT molecular complexity index is 1320. The van der Waals surface area contributed by atoms with E-state index in [1.165, 1.54) is 64.5 Å². The highest BCUT2D eigenvalue weighted by Gasteiger charge is 2.15. The molecule has 0 amide bonds. The number of hydrogen-bond acceptors (Lipinski definition) is 8. The van der Waals surface area contributed by atoms with Gasteiger partial charge in [-0.2, -0.15) is 0 Å². The van der Waals surface area contributed by atoms with Crippen LogP contribution in [0.4, 0.5) is 0 Å². The molecule has 0 bridgehead atoms. The highest BCUT2D eigenvalue weighted by atomic mass is 32.1. The second-order valence-corrected chi connectivity index (χ2v) is 13.6. The molecule has 1 aliphatic rings. The number of nitrogens with zero attached hydrogens (tertiary/aromatic N) is 3. The van der Waals surface area contributed by atoms with Gasteiger partial charge in [0.25, 0.3) is 0 Å². The van der Waals surface area contributed by atoms with Gasteiger partial charge < -0.3 is 19.5 Å². The van der Waals surface area contributed by atoms with Crippen LogP contribution >= 0.6 is 22.7 Å². The molecule has 5 rings (SSSR count). The van der Waals surface area contributed by atoms with Crippen LogP contribution in [0.25, 0.3) is 26.8 Å². The zero-order chi connectivity index (χ0) is 31.8. The Morgan fingerprint density at radius 2 is 1.70 bits per heavy atom. The lowest BCUT2D eigenvalue weighted by Crippen LogP contribution is -2.40. The van der Waals surface area contributed by atoms with Gasteiger partial charge in [0.15, 0.2) is 5.76 Å². The predicted molar refractivity (Wildman–Crippen MR) is 189 cm³/mol. The Balaban J connectivity index is 0.000000423. The minimum Gasteiger partial charge on any atom is -0.388 e. The summed E-state index contributed by atoms with van der Waals surface area (Å²) in [6.45, 7) is 22.6. The maximum Gasteiger partial charge on any atom is 0.177 e. The van der Waals surface area contributed by atoms with Gasteiger partial charge in [-0.25, -0.2) is 0 Å². The number of aromatic nitrogens is 2. The van der Waals surface area contributed by atoms with E-state index in [1.54, 1.807) is 25.6 Å². The van der Waals surface area contributed by atoms with Crippen molar-refractivity contribution in [3.63, 3.8) is 0 Å². The first-order chi connectivity index (χ1) is 20.6. The molecule has 4 aromatic rings. The Morgan fingerprint density at radius 3 is 2.23 bits per heavy atom. The van der Waals surface area contributed by atoms with Crippen molar-refractivity contribution in [1.82, 2.24) is 20.4 Å². The third kappa shape index (κ3) is 12.8. The molecule has 1 fully saturated rings. The molecule has 0 saturated carbocycles. The van der Waals surface area contributed by atoms with Crippen molar-refractivity contribution in [2.45, 2.75) is 80.2 Å². The molecule has 0 radical (unpaired) electrons. The van der Waals surface area contributed by atoms with E-state index in [0.29, 0.717) is 6.04 Å². The number of piperidine rings is 1. The van der Waals surface area contributed by atoms with Gasteiger partial charge in [-0.1, -0.05) is 38.4 Å². The summed E-state index contributed by atoms with van der Waals surface area (Å²) in [5.41, 5.74) is 5.34. The fraction of sp³-hybridized carbons (Fsp3) is 0.486. The van der Waals surface area contributed by atoms with Crippen LogP contribution in [-0.4, -0.2) is 54.9 Å². The minimum absolute atomic E-state index is 0. The average molecular weight is 627 g/mol. The molecular formula is C35H54N4O2S2. The lowest BCUT2D eigenvalue weighted by atomic mass is 10.1. The number of ether oxygens (including phenoxy) is 1. The molecule has 5 heterocycles. The maximum absolute atomic E-state index is 5.12. The molecule has 4 aromatic heterocycles. The van der Waals surface area contributed by atoms with Gasteiger partial charge in [0, 0.05) is 55.1 Å². The number of methoxy groups -OCH3 is 1. The molecule has 0 aromatic carbocycles. The summed E-state index contributed by atoms with van der Waals surface area (Å²) in [7, 11) is 3.25. The second kappa shape index (κ2) is 19.5. The van der Waals surface area contributed by atoms with Crippen LogP contribution in [0.1, 0.15) is 74.6 Å². The summed E-state index contributed by atoms with van der Waals surface area (Å²) in [6.07, 6.45) is 7.18. The van der Waals surface area contributed by atoms with Gasteiger partial charge in [0.05, 0.1) is 22.0 Å². The summed E-state index contributed by atoms with van der Waals surface area (Å²) in [4.78, 5) is 12.2. The topological polar surface area (TPSA) is 63.4 Å². The van der Waals surface area contributed by atoms with Gasteiger partial charge in [-0.05, 0) is 102 Å². The van der Waals surface area contributed by atoms with E-state index in [0.717, 1.165) is 34.3 Å². The normalized spacial score (nSPS) is 13.4. The van der Waals surface area contributed by atoms with Crippen molar-refractivity contribution >= 4 is 28.4 Å². The molecule has 43 heavy (non-hydrogen) atoms. The monoisotopic (exact) mass is 626 g/mol. The molecule has 238 valence electrons. The van der Waals surface area contributed by atoms with E-state index in [4.69, 9.17) is 4.52 Å². The zero-order valence-electron chi connectivity index (χ0n) is 27.8. The fourth-order valence-corrected chi connectivity index (χ4v) is 6.50. The number of hydrogen-bond donors (Lipinski definition) is 1. The largest absolute Gasteiger partial charge is 0.388 e. The van der Waals surface area contributed by atoms with Gasteiger partial charge in [-0.3, -0.25) is 4.98 Å². The van der Waals surface area contributed by atoms with Gasteiger partial charge in [0.1, 0.15) is 0 Å². The van der Waals surface area contributed by atoms with Crippen molar-refractivity contribution < 1.29 is 10.7 Å². The van der Waals surface area contributed by atoms with E-state index in [1.807, 2.05) is 30.5 Å². The zero-order valence-corrected chi connectivity index (χ0v) is 29.4. The van der Waals surface area contributed by atoms with Crippen molar-refractivity contribution in [2.24, 2.45) is 0 Å². The Morgan fingerprint density at radius 1 is 1.02 bits per heavy atom. The van der Waals surface area contributed by atoms with Crippen molar-refractivity contribution in [3.05, 3.63) is 75.9 Å². The first kappa shape index (κ1) is 36.4. The van der Waals surface area contributed by atoms with Gasteiger partial charge >= 0.3 is 0 Å². The minimum atomic E-state index is 0. The lowest BCUT2D eigenvalue weighted by Gasteiger charge is -2.30. The first-order valence-electron chi connectivity index (χ1n) is 15.2. The van der Waals surface area contributed by atoms with Crippen LogP contribution in [0.15, 0.2) is 53.7 Å². The van der Waals surface area contributed by atoms with Gasteiger partial charge in [-0.15, -0.1) is 22.7 Å². The third-order valence-electron chi connectivity index (χ3n) is 6.38. The summed E-state index contributed by atoms with van der Waals surface area (Å²) in [5, 5.41) is 7.38. The highest BCUT2D eigenvalue weighted by Crippen LogP contribution is 2.32. The fourth-order valence-electron chi connectivity index (χ4n) is 4.66. The SMILES string of the molecule is C=C(N[C@@H](C)CN1CCCCC1)c1cc(-c2sc(C)cc2C)ccn1.CCC.COC.Cc1cc(-c2ccc(C)s2)on1.[HH]. The third-order valence-corrected chi connectivity index (χ3v) is 8.60. The predicted octanol–water partition coefficient (Wildman–Crippen LogP) is 9.81. The maximum atomic E-state index is 5.12. The summed E-state index contributed by atoms with van der Waals surface area (Å²) in [6, 6.07) is 13.0. The molecule has 1 atom stereocenters. The molecule has 0 unspecified atom stereocenters. The van der Waals surface area contributed by atoms with Crippen LogP contribution in [0.2, 0.25) is 0 Å². The number of aryl methyl sites for hydroxylation is 4. The van der Waals surface area contributed by atoms with E-state index in [9.17, 15) is 0 Å². The first-order valence-corrected chi connectivity index (χ1v) is 16.9. The molecule has 6 nitrogen and oxygen atoms in total. The van der Waals surface area contributed by atoms with Crippen LogP contribution in [-0.2, 0) is 4.74 Å². The highest BCUT2D eigenvalue weighted by molar-refractivity contribution is 7.15. The molecule has 1 aliphatic heterocycles. The van der Waals surface area contributed by atoms with Crippen LogP contribution in [0.5, 0.6) is 0 Å². The summed E-state index contributed by atoms with van der Waals surface area (Å²) in [5.74, 6) is 0.866. The standard InChI is InChI=1S/C21H29N3S.C9H9NOS.C3H8.C2H6O.H2/c1-15-12-17(3)25-21(15)19-8-9-22-20(13-19)18(4)23-16(2)14-24-10-6-5-7-11-24;1-6-5-8(11-10-6)9-4-3-7(2)12-9;2*1-3-2;/h8-9,12-13,16,23H,4-7,10-11,14H2,1-3H3;3-5H,1-2H3;3H2,1-2H3;1-2H3;1H/t16-;;;;/m0..../s1. The molecule has 1 saturated heterocycles. The van der Waals surface area contributed by atoms with Crippen molar-refractivity contribution in [2.75, 3.05) is 33.9 Å². The smallest absolute Gasteiger partial charge is 0.177 e. The Hall–Kier alpha value is -2.78. The van der Waals surface area contributed by atoms with E-state index < -0.39 is 0 Å². The molecule has 1 N–H and O–H groups in total. The van der Waals surface area contributed by atoms with E-state index >= 15 is 0 Å². The van der Waals surface area contributed by atoms with Crippen LogP contribution < -0.4 is 5.32 Å². The number of thiophene rings is 2. The number of likely N-dealkylation sites (tertiary alicyclic amines) is 1. The second-order valence-electron chi connectivity index (χ2n) is 11.0. The number of rotatable bonds is 7.